The van der Waals surface area contributed by atoms with E-state index < -0.39 is 16.0 Å². The van der Waals surface area contributed by atoms with Crippen molar-refractivity contribution in [1.82, 2.24) is 4.72 Å². The Hall–Kier alpha value is -1.11. The SMILES string of the molecule is CC1(C)CCCC1NS(=O)(=O)c1ccc(Cl)c(C(=O)O)c1. The number of sulfonamides is 1. The van der Waals surface area contributed by atoms with Crippen molar-refractivity contribution in [3.8, 4) is 0 Å². The number of hydrogen-bond donors (Lipinski definition) is 2. The molecule has 0 saturated heterocycles. The number of nitrogens with one attached hydrogen (secondary N) is 1. The summed E-state index contributed by atoms with van der Waals surface area (Å²) in [4.78, 5) is 11.0. The second-order valence-electron chi connectivity index (χ2n) is 6.00. The Morgan fingerprint density at radius 2 is 2.10 bits per heavy atom. The summed E-state index contributed by atoms with van der Waals surface area (Å²) in [7, 11) is -3.76. The summed E-state index contributed by atoms with van der Waals surface area (Å²) in [6.07, 6.45) is 2.72. The molecule has 1 atom stereocenters. The van der Waals surface area contributed by atoms with E-state index in [9.17, 15) is 13.2 Å². The van der Waals surface area contributed by atoms with Gasteiger partial charge < -0.3 is 5.11 Å². The number of carboxylic acid groups (broad SMARTS) is 1. The predicted octanol–water partition coefficient (Wildman–Crippen LogP) is 2.90. The number of carbonyl (C=O) groups is 1. The molecule has 0 bridgehead atoms. The van der Waals surface area contributed by atoms with Gasteiger partial charge in [0.05, 0.1) is 15.5 Å². The van der Waals surface area contributed by atoms with Gasteiger partial charge in [0, 0.05) is 6.04 Å². The summed E-state index contributed by atoms with van der Waals surface area (Å²) in [5.41, 5.74) is -0.319. The Morgan fingerprint density at radius 3 is 2.62 bits per heavy atom. The molecule has 1 unspecified atom stereocenters. The van der Waals surface area contributed by atoms with Gasteiger partial charge in [-0.05, 0) is 36.5 Å². The van der Waals surface area contributed by atoms with E-state index in [1.54, 1.807) is 0 Å². The molecule has 0 amide bonds. The van der Waals surface area contributed by atoms with Crippen LogP contribution in [-0.4, -0.2) is 25.5 Å². The molecule has 0 spiro atoms. The maximum atomic E-state index is 12.4. The lowest BCUT2D eigenvalue weighted by Gasteiger charge is -2.27. The van der Waals surface area contributed by atoms with Crippen LogP contribution in [0.1, 0.15) is 43.5 Å². The number of carboxylic acids is 1. The number of rotatable bonds is 4. The number of aromatic carboxylic acids is 1. The molecule has 21 heavy (non-hydrogen) atoms. The van der Waals surface area contributed by atoms with E-state index >= 15 is 0 Å². The van der Waals surface area contributed by atoms with Gasteiger partial charge in [0.2, 0.25) is 10.0 Å². The smallest absolute Gasteiger partial charge is 0.337 e. The summed E-state index contributed by atoms with van der Waals surface area (Å²) >= 11 is 5.76. The molecule has 5 nitrogen and oxygen atoms in total. The fourth-order valence-corrected chi connectivity index (χ4v) is 4.30. The molecule has 7 heteroatoms. The normalized spacial score (nSPS) is 21.4. The zero-order valence-electron chi connectivity index (χ0n) is 11.9. The Bertz CT molecular complexity index is 670. The lowest BCUT2D eigenvalue weighted by molar-refractivity contribution is 0.0697. The van der Waals surface area contributed by atoms with Crippen LogP contribution in [0, 0.1) is 5.41 Å². The molecule has 1 aliphatic rings. The van der Waals surface area contributed by atoms with Crippen LogP contribution in [0.15, 0.2) is 23.1 Å². The summed E-state index contributed by atoms with van der Waals surface area (Å²) in [6, 6.07) is 3.55. The first-order valence-electron chi connectivity index (χ1n) is 6.69. The third-order valence-electron chi connectivity index (χ3n) is 4.03. The average molecular weight is 332 g/mol. The lowest BCUT2D eigenvalue weighted by atomic mass is 9.88. The van der Waals surface area contributed by atoms with Gasteiger partial charge in [-0.25, -0.2) is 17.9 Å². The largest absolute Gasteiger partial charge is 0.478 e. The molecule has 1 aliphatic carbocycles. The molecule has 0 heterocycles. The van der Waals surface area contributed by atoms with Crippen molar-refractivity contribution in [3.63, 3.8) is 0 Å². The number of benzene rings is 1. The van der Waals surface area contributed by atoms with Crippen molar-refractivity contribution in [1.29, 1.82) is 0 Å². The van der Waals surface area contributed by atoms with Crippen molar-refractivity contribution >= 4 is 27.6 Å². The van der Waals surface area contributed by atoms with Crippen molar-refractivity contribution in [2.24, 2.45) is 5.41 Å². The van der Waals surface area contributed by atoms with Crippen LogP contribution in [-0.2, 0) is 10.0 Å². The fraction of sp³-hybridized carbons (Fsp3) is 0.500. The number of halogens is 1. The van der Waals surface area contributed by atoms with Crippen molar-refractivity contribution in [2.45, 2.75) is 44.0 Å². The second-order valence-corrected chi connectivity index (χ2v) is 8.12. The zero-order chi connectivity index (χ0) is 15.8. The molecule has 2 N–H and O–H groups in total. The third-order valence-corrected chi connectivity index (χ3v) is 5.83. The molecule has 1 aromatic rings. The summed E-state index contributed by atoms with van der Waals surface area (Å²) in [6.45, 7) is 4.05. The Balaban J connectivity index is 2.32. The average Bonchev–Trinajstić information content (AvgIpc) is 2.68. The first-order valence-corrected chi connectivity index (χ1v) is 8.55. The molecule has 2 rings (SSSR count). The maximum absolute atomic E-state index is 12.4. The first-order chi connectivity index (χ1) is 9.63. The highest BCUT2D eigenvalue weighted by atomic mass is 35.5. The monoisotopic (exact) mass is 331 g/mol. The van der Waals surface area contributed by atoms with E-state index in [4.69, 9.17) is 16.7 Å². The van der Waals surface area contributed by atoms with E-state index in [1.807, 2.05) is 13.8 Å². The van der Waals surface area contributed by atoms with Crippen molar-refractivity contribution < 1.29 is 18.3 Å². The van der Waals surface area contributed by atoms with Crippen LogP contribution in [0.3, 0.4) is 0 Å². The maximum Gasteiger partial charge on any atom is 0.337 e. The highest BCUT2D eigenvalue weighted by Crippen LogP contribution is 2.38. The van der Waals surface area contributed by atoms with E-state index in [0.29, 0.717) is 0 Å². The quantitative estimate of drug-likeness (QED) is 0.888. The van der Waals surface area contributed by atoms with E-state index in [1.165, 1.54) is 12.1 Å². The molecule has 1 fully saturated rings. The van der Waals surface area contributed by atoms with Crippen LogP contribution in [0.4, 0.5) is 0 Å². The molecule has 116 valence electrons. The Morgan fingerprint density at radius 1 is 1.43 bits per heavy atom. The van der Waals surface area contributed by atoms with Crippen LogP contribution in [0.2, 0.25) is 5.02 Å². The molecular formula is C14H18ClNO4S. The Labute approximate surface area is 129 Å². The van der Waals surface area contributed by atoms with Gasteiger partial charge in [-0.15, -0.1) is 0 Å². The van der Waals surface area contributed by atoms with Gasteiger partial charge in [-0.1, -0.05) is 31.9 Å². The summed E-state index contributed by atoms with van der Waals surface area (Å²) in [5.74, 6) is -1.25. The van der Waals surface area contributed by atoms with Gasteiger partial charge in [0.15, 0.2) is 0 Å². The minimum atomic E-state index is -3.76. The van der Waals surface area contributed by atoms with E-state index in [2.05, 4.69) is 4.72 Å². The summed E-state index contributed by atoms with van der Waals surface area (Å²) in [5, 5.41) is 9.04. The van der Waals surface area contributed by atoms with Crippen molar-refractivity contribution in [3.05, 3.63) is 28.8 Å². The minimum absolute atomic E-state index is 0.0163. The van der Waals surface area contributed by atoms with Crippen LogP contribution in [0.25, 0.3) is 0 Å². The van der Waals surface area contributed by atoms with Crippen LogP contribution in [0.5, 0.6) is 0 Å². The van der Waals surface area contributed by atoms with Crippen molar-refractivity contribution in [2.75, 3.05) is 0 Å². The zero-order valence-corrected chi connectivity index (χ0v) is 13.5. The Kier molecular flexibility index (Phi) is 4.33. The second kappa shape index (κ2) is 5.59. The molecule has 1 aromatic carbocycles. The minimum Gasteiger partial charge on any atom is -0.478 e. The third kappa shape index (κ3) is 3.39. The lowest BCUT2D eigenvalue weighted by Crippen LogP contribution is -2.41. The highest BCUT2D eigenvalue weighted by Gasteiger charge is 2.37. The number of hydrogen-bond acceptors (Lipinski definition) is 3. The molecule has 0 radical (unpaired) electrons. The van der Waals surface area contributed by atoms with Gasteiger partial charge in [0.1, 0.15) is 0 Å². The molecule has 0 aliphatic heterocycles. The summed E-state index contributed by atoms with van der Waals surface area (Å²) < 4.78 is 27.5. The van der Waals surface area contributed by atoms with Gasteiger partial charge in [-0.3, -0.25) is 0 Å². The first kappa shape index (κ1) is 16.3. The molecule has 1 saturated carbocycles. The van der Waals surface area contributed by atoms with Crippen LogP contribution >= 0.6 is 11.6 Å². The van der Waals surface area contributed by atoms with Gasteiger partial charge in [0.25, 0.3) is 0 Å². The predicted molar refractivity (Wildman–Crippen MR) is 80.2 cm³/mol. The standard InChI is InChI=1S/C14H18ClNO4S/c1-14(2)7-3-4-12(14)16-21(19,20)9-5-6-11(15)10(8-9)13(17)18/h5-6,8,12,16H,3-4,7H2,1-2H3,(H,17,18). The molecule has 0 aromatic heterocycles. The van der Waals surface area contributed by atoms with Crippen LogP contribution < -0.4 is 4.72 Å². The van der Waals surface area contributed by atoms with E-state index in [-0.39, 0.29) is 26.9 Å². The van der Waals surface area contributed by atoms with Gasteiger partial charge in [-0.2, -0.15) is 0 Å². The van der Waals surface area contributed by atoms with Gasteiger partial charge >= 0.3 is 5.97 Å². The molecular weight excluding hydrogens is 314 g/mol. The highest BCUT2D eigenvalue weighted by molar-refractivity contribution is 7.89. The fourth-order valence-electron chi connectivity index (χ4n) is 2.64. The topological polar surface area (TPSA) is 83.5 Å². The van der Waals surface area contributed by atoms with E-state index in [0.717, 1.165) is 25.3 Å².